The summed E-state index contributed by atoms with van der Waals surface area (Å²) in [5.74, 6) is -0.986. The fourth-order valence-corrected chi connectivity index (χ4v) is 1.41. The number of benzene rings is 1. The molecule has 0 aromatic heterocycles. The predicted octanol–water partition coefficient (Wildman–Crippen LogP) is 3.42. The molecular formula is C8H3BrF4O. The monoisotopic (exact) mass is 270 g/mol. The van der Waals surface area contributed by atoms with Gasteiger partial charge in [0.05, 0.1) is 11.1 Å². The Labute approximate surface area is 84.9 Å². The van der Waals surface area contributed by atoms with E-state index in [0.717, 1.165) is 0 Å². The molecule has 0 saturated carbocycles. The van der Waals surface area contributed by atoms with E-state index in [1.165, 1.54) is 0 Å². The first-order valence-corrected chi connectivity index (χ1v) is 4.17. The van der Waals surface area contributed by atoms with Crippen molar-refractivity contribution >= 4 is 22.2 Å². The van der Waals surface area contributed by atoms with Crippen LogP contribution in [0.2, 0.25) is 0 Å². The molecule has 6 heteroatoms. The lowest BCUT2D eigenvalue weighted by molar-refractivity contribution is -0.138. The van der Waals surface area contributed by atoms with Crippen molar-refractivity contribution in [2.24, 2.45) is 0 Å². The van der Waals surface area contributed by atoms with Crippen LogP contribution in [0.15, 0.2) is 16.6 Å². The highest BCUT2D eigenvalue weighted by atomic mass is 79.9. The third kappa shape index (κ3) is 2.12. The molecule has 0 N–H and O–H groups in total. The third-order valence-electron chi connectivity index (χ3n) is 1.52. The standard InChI is InChI=1S/C8H3BrF4O/c9-6-2-7(10)4(3-14)1-5(6)8(11,12)13/h1-3H. The predicted molar refractivity (Wildman–Crippen MR) is 44.5 cm³/mol. The molecule has 1 rings (SSSR count). The van der Waals surface area contributed by atoms with Crippen molar-refractivity contribution in [3.05, 3.63) is 33.5 Å². The molecule has 14 heavy (non-hydrogen) atoms. The summed E-state index contributed by atoms with van der Waals surface area (Å²) < 4.78 is 49.1. The van der Waals surface area contributed by atoms with E-state index in [-0.39, 0.29) is 6.29 Å². The van der Waals surface area contributed by atoms with Crippen LogP contribution in [-0.2, 0) is 6.18 Å². The number of rotatable bonds is 1. The molecular weight excluding hydrogens is 268 g/mol. The average Bonchev–Trinajstić information content (AvgIpc) is 2.02. The quantitative estimate of drug-likeness (QED) is 0.565. The lowest BCUT2D eigenvalue weighted by Gasteiger charge is -2.09. The summed E-state index contributed by atoms with van der Waals surface area (Å²) in [5, 5.41) is 0. The van der Waals surface area contributed by atoms with Crippen molar-refractivity contribution < 1.29 is 22.4 Å². The molecule has 76 valence electrons. The molecule has 0 amide bonds. The highest BCUT2D eigenvalue weighted by Crippen LogP contribution is 2.35. The molecule has 0 radical (unpaired) electrons. The van der Waals surface area contributed by atoms with E-state index in [9.17, 15) is 22.4 Å². The Hall–Kier alpha value is -0.910. The van der Waals surface area contributed by atoms with Gasteiger partial charge in [0.25, 0.3) is 0 Å². The van der Waals surface area contributed by atoms with Gasteiger partial charge in [-0.25, -0.2) is 4.39 Å². The molecule has 1 nitrogen and oxygen atoms in total. The first kappa shape index (κ1) is 11.2. The van der Waals surface area contributed by atoms with Crippen molar-refractivity contribution in [3.8, 4) is 0 Å². The molecule has 0 unspecified atom stereocenters. The molecule has 0 fully saturated rings. The van der Waals surface area contributed by atoms with Crippen LogP contribution in [0.4, 0.5) is 17.6 Å². The second-order valence-corrected chi connectivity index (χ2v) is 3.32. The number of hydrogen-bond acceptors (Lipinski definition) is 1. The smallest absolute Gasteiger partial charge is 0.298 e. The van der Waals surface area contributed by atoms with Crippen LogP contribution in [0.1, 0.15) is 15.9 Å². The maximum Gasteiger partial charge on any atom is 0.417 e. The summed E-state index contributed by atoms with van der Waals surface area (Å²) in [4.78, 5) is 10.2. The van der Waals surface area contributed by atoms with Gasteiger partial charge >= 0.3 is 6.18 Å². The van der Waals surface area contributed by atoms with Crippen LogP contribution >= 0.6 is 15.9 Å². The second kappa shape index (κ2) is 3.68. The first-order chi connectivity index (χ1) is 6.36. The molecule has 0 atom stereocenters. The van der Waals surface area contributed by atoms with E-state index in [4.69, 9.17) is 0 Å². The van der Waals surface area contributed by atoms with Crippen LogP contribution in [0.5, 0.6) is 0 Å². The fourth-order valence-electron chi connectivity index (χ4n) is 0.873. The van der Waals surface area contributed by atoms with Gasteiger partial charge in [0.1, 0.15) is 5.82 Å². The number of alkyl halides is 3. The SMILES string of the molecule is O=Cc1cc(C(F)(F)F)c(Br)cc1F. The maximum atomic E-state index is 12.8. The van der Waals surface area contributed by atoms with Crippen LogP contribution in [0, 0.1) is 5.82 Å². The average molecular weight is 271 g/mol. The number of halogens is 5. The first-order valence-electron chi connectivity index (χ1n) is 3.37. The normalized spacial score (nSPS) is 11.5. The maximum absolute atomic E-state index is 12.8. The van der Waals surface area contributed by atoms with Crippen molar-refractivity contribution in [2.45, 2.75) is 6.18 Å². The van der Waals surface area contributed by atoms with Crippen molar-refractivity contribution in [2.75, 3.05) is 0 Å². The second-order valence-electron chi connectivity index (χ2n) is 2.47. The van der Waals surface area contributed by atoms with Gasteiger partial charge in [-0.1, -0.05) is 15.9 Å². The Morgan fingerprint density at radius 1 is 1.29 bits per heavy atom. The fraction of sp³-hybridized carbons (Fsp3) is 0.125. The van der Waals surface area contributed by atoms with Gasteiger partial charge in [-0.15, -0.1) is 0 Å². The number of aldehydes is 1. The zero-order chi connectivity index (χ0) is 10.9. The number of carbonyl (C=O) groups is 1. The van der Waals surface area contributed by atoms with Crippen LogP contribution in [-0.4, -0.2) is 6.29 Å². The molecule has 0 aliphatic carbocycles. The van der Waals surface area contributed by atoms with E-state index in [1.807, 2.05) is 0 Å². The Bertz CT molecular complexity index is 372. The molecule has 0 heterocycles. The highest BCUT2D eigenvalue weighted by Gasteiger charge is 2.33. The topological polar surface area (TPSA) is 17.1 Å². The van der Waals surface area contributed by atoms with Gasteiger partial charge in [-0.3, -0.25) is 4.79 Å². The number of hydrogen-bond donors (Lipinski definition) is 0. The van der Waals surface area contributed by atoms with Crippen molar-refractivity contribution in [3.63, 3.8) is 0 Å². The van der Waals surface area contributed by atoms with Gasteiger partial charge in [0.15, 0.2) is 6.29 Å². The van der Waals surface area contributed by atoms with Crippen LogP contribution < -0.4 is 0 Å². The third-order valence-corrected chi connectivity index (χ3v) is 2.17. The van der Waals surface area contributed by atoms with Gasteiger partial charge in [0, 0.05) is 4.47 Å². The van der Waals surface area contributed by atoms with E-state index < -0.39 is 27.6 Å². The van der Waals surface area contributed by atoms with Crippen molar-refractivity contribution in [1.29, 1.82) is 0 Å². The van der Waals surface area contributed by atoms with Crippen LogP contribution in [0.25, 0.3) is 0 Å². The molecule has 1 aromatic carbocycles. The Morgan fingerprint density at radius 3 is 2.29 bits per heavy atom. The van der Waals surface area contributed by atoms with Gasteiger partial charge in [-0.05, 0) is 12.1 Å². The molecule has 0 aliphatic heterocycles. The van der Waals surface area contributed by atoms with Crippen molar-refractivity contribution in [1.82, 2.24) is 0 Å². The van der Waals surface area contributed by atoms with Gasteiger partial charge < -0.3 is 0 Å². The Morgan fingerprint density at radius 2 is 1.86 bits per heavy atom. The summed E-state index contributed by atoms with van der Waals surface area (Å²) in [6.07, 6.45) is -4.57. The lowest BCUT2D eigenvalue weighted by Crippen LogP contribution is -2.07. The minimum Gasteiger partial charge on any atom is -0.298 e. The minimum atomic E-state index is -4.61. The lowest BCUT2D eigenvalue weighted by atomic mass is 10.1. The summed E-state index contributed by atoms with van der Waals surface area (Å²) in [6, 6.07) is 1.08. The zero-order valence-corrected chi connectivity index (χ0v) is 8.12. The summed E-state index contributed by atoms with van der Waals surface area (Å²) >= 11 is 2.57. The summed E-state index contributed by atoms with van der Waals surface area (Å²) in [5.41, 5.74) is -1.68. The Balaban J connectivity index is 3.39. The summed E-state index contributed by atoms with van der Waals surface area (Å²) in [7, 11) is 0. The van der Waals surface area contributed by atoms with Gasteiger partial charge in [0.2, 0.25) is 0 Å². The van der Waals surface area contributed by atoms with E-state index in [2.05, 4.69) is 15.9 Å². The van der Waals surface area contributed by atoms with Gasteiger partial charge in [-0.2, -0.15) is 13.2 Å². The van der Waals surface area contributed by atoms with E-state index in [0.29, 0.717) is 12.1 Å². The summed E-state index contributed by atoms with van der Waals surface area (Å²) in [6.45, 7) is 0. The molecule has 1 aromatic rings. The number of carbonyl (C=O) groups excluding carboxylic acids is 1. The Kier molecular flexibility index (Phi) is 2.94. The molecule has 0 spiro atoms. The molecule has 0 bridgehead atoms. The minimum absolute atomic E-state index is 0.0387. The molecule has 0 aliphatic rings. The van der Waals surface area contributed by atoms with Crippen LogP contribution in [0.3, 0.4) is 0 Å². The van der Waals surface area contributed by atoms with E-state index in [1.54, 1.807) is 0 Å². The molecule has 0 saturated heterocycles. The largest absolute Gasteiger partial charge is 0.417 e. The zero-order valence-electron chi connectivity index (χ0n) is 6.53. The highest BCUT2D eigenvalue weighted by molar-refractivity contribution is 9.10. The van der Waals surface area contributed by atoms with E-state index >= 15 is 0 Å².